The van der Waals surface area contributed by atoms with Gasteiger partial charge in [-0.1, -0.05) is 32.0 Å². The lowest BCUT2D eigenvalue weighted by molar-refractivity contribution is 0.423. The molecule has 1 aromatic carbocycles. The van der Waals surface area contributed by atoms with Gasteiger partial charge in [0.15, 0.2) is 0 Å². The molecule has 16 heavy (non-hydrogen) atoms. The van der Waals surface area contributed by atoms with Crippen LogP contribution in [0, 0.1) is 5.92 Å². The molecule has 0 fully saturated rings. The normalized spacial score (nSPS) is 13.2. The van der Waals surface area contributed by atoms with Crippen LogP contribution in [0.5, 0.6) is 0 Å². The van der Waals surface area contributed by atoms with E-state index in [4.69, 9.17) is 5.84 Å². The molecule has 0 amide bonds. The summed E-state index contributed by atoms with van der Waals surface area (Å²) < 4.78 is 0. The maximum absolute atomic E-state index is 5.63. The minimum absolute atomic E-state index is 0.160. The Morgan fingerprint density at radius 2 is 2.00 bits per heavy atom. The third kappa shape index (κ3) is 1.92. The smallest absolute Gasteiger partial charge is 0.0705 e. The predicted octanol–water partition coefficient (Wildman–Crippen LogP) is 2.40. The molecule has 3 nitrogen and oxygen atoms in total. The van der Waals surface area contributed by atoms with Crippen molar-refractivity contribution in [3.8, 4) is 0 Å². The van der Waals surface area contributed by atoms with Gasteiger partial charge in [-0.05, 0) is 23.6 Å². The van der Waals surface area contributed by atoms with Crippen LogP contribution in [0.1, 0.15) is 25.5 Å². The van der Waals surface area contributed by atoms with Crippen molar-refractivity contribution in [1.29, 1.82) is 0 Å². The highest BCUT2D eigenvalue weighted by atomic mass is 15.2. The molecule has 0 spiro atoms. The minimum atomic E-state index is 0.160. The monoisotopic (exact) mass is 215 g/mol. The Morgan fingerprint density at radius 1 is 1.19 bits per heavy atom. The van der Waals surface area contributed by atoms with Gasteiger partial charge in [-0.15, -0.1) is 0 Å². The number of fused-ring (bicyclic) bond motifs is 1. The lowest BCUT2D eigenvalue weighted by Crippen LogP contribution is -2.31. The first-order valence-electron chi connectivity index (χ1n) is 5.54. The molecule has 1 atom stereocenters. The molecule has 3 N–H and O–H groups in total. The Balaban J connectivity index is 2.59. The molecule has 0 aliphatic heterocycles. The van der Waals surface area contributed by atoms with Crippen LogP contribution in [0.25, 0.3) is 10.9 Å². The summed E-state index contributed by atoms with van der Waals surface area (Å²) in [6.45, 7) is 4.31. The lowest BCUT2D eigenvalue weighted by Gasteiger charge is -2.21. The number of nitrogens with one attached hydrogen (secondary N) is 1. The Morgan fingerprint density at radius 3 is 2.69 bits per heavy atom. The zero-order chi connectivity index (χ0) is 11.5. The summed E-state index contributed by atoms with van der Waals surface area (Å²) in [4.78, 5) is 4.35. The SMILES string of the molecule is CC(C)C(NN)c1cccc2ncccc12. The first-order valence-corrected chi connectivity index (χ1v) is 5.54. The number of hydrazine groups is 1. The van der Waals surface area contributed by atoms with E-state index in [0.717, 1.165) is 5.52 Å². The topological polar surface area (TPSA) is 50.9 Å². The molecule has 0 saturated carbocycles. The van der Waals surface area contributed by atoms with E-state index < -0.39 is 0 Å². The van der Waals surface area contributed by atoms with Crippen molar-refractivity contribution < 1.29 is 0 Å². The largest absolute Gasteiger partial charge is 0.271 e. The first kappa shape index (κ1) is 11.0. The quantitative estimate of drug-likeness (QED) is 0.610. The molecular formula is C13H17N3. The maximum Gasteiger partial charge on any atom is 0.0705 e. The van der Waals surface area contributed by atoms with Crippen LogP contribution in [-0.2, 0) is 0 Å². The average molecular weight is 215 g/mol. The van der Waals surface area contributed by atoms with E-state index in [0.29, 0.717) is 5.92 Å². The molecule has 0 radical (unpaired) electrons. The summed E-state index contributed by atoms with van der Waals surface area (Å²) >= 11 is 0. The van der Waals surface area contributed by atoms with Crippen molar-refractivity contribution in [3.05, 3.63) is 42.1 Å². The van der Waals surface area contributed by atoms with Crippen LogP contribution in [-0.4, -0.2) is 4.98 Å². The van der Waals surface area contributed by atoms with Crippen molar-refractivity contribution >= 4 is 10.9 Å². The molecule has 0 bridgehead atoms. The molecule has 2 rings (SSSR count). The van der Waals surface area contributed by atoms with E-state index >= 15 is 0 Å². The molecule has 1 heterocycles. The van der Waals surface area contributed by atoms with Crippen LogP contribution < -0.4 is 11.3 Å². The summed E-state index contributed by atoms with van der Waals surface area (Å²) in [6.07, 6.45) is 1.81. The van der Waals surface area contributed by atoms with Crippen molar-refractivity contribution in [2.75, 3.05) is 0 Å². The Bertz CT molecular complexity index is 474. The fourth-order valence-corrected chi connectivity index (χ4v) is 2.04. The molecular weight excluding hydrogens is 198 g/mol. The van der Waals surface area contributed by atoms with E-state index in [1.54, 1.807) is 0 Å². The Labute approximate surface area is 95.7 Å². The second-order valence-corrected chi connectivity index (χ2v) is 4.31. The van der Waals surface area contributed by atoms with Gasteiger partial charge in [-0.3, -0.25) is 16.3 Å². The van der Waals surface area contributed by atoms with Crippen molar-refractivity contribution in [3.63, 3.8) is 0 Å². The number of pyridine rings is 1. The van der Waals surface area contributed by atoms with Crippen LogP contribution in [0.2, 0.25) is 0 Å². The van der Waals surface area contributed by atoms with Gasteiger partial charge in [0.1, 0.15) is 0 Å². The number of aromatic nitrogens is 1. The molecule has 0 saturated heterocycles. The molecule has 3 heteroatoms. The number of nitrogens with two attached hydrogens (primary N) is 1. The van der Waals surface area contributed by atoms with E-state index in [1.807, 2.05) is 24.4 Å². The number of nitrogens with zero attached hydrogens (tertiary/aromatic N) is 1. The summed E-state index contributed by atoms with van der Waals surface area (Å²) in [5.41, 5.74) is 5.11. The van der Waals surface area contributed by atoms with E-state index in [-0.39, 0.29) is 6.04 Å². The number of hydrogen-bond donors (Lipinski definition) is 2. The van der Waals surface area contributed by atoms with Gasteiger partial charge < -0.3 is 0 Å². The highest BCUT2D eigenvalue weighted by Gasteiger charge is 2.16. The molecule has 2 aromatic rings. The zero-order valence-electron chi connectivity index (χ0n) is 9.64. The van der Waals surface area contributed by atoms with E-state index in [1.165, 1.54) is 10.9 Å². The van der Waals surface area contributed by atoms with Gasteiger partial charge in [0.2, 0.25) is 0 Å². The van der Waals surface area contributed by atoms with E-state index in [2.05, 4.69) is 36.4 Å². The molecule has 0 aliphatic carbocycles. The van der Waals surface area contributed by atoms with Crippen molar-refractivity contribution in [2.24, 2.45) is 11.8 Å². The summed E-state index contributed by atoms with van der Waals surface area (Å²) in [5, 5.41) is 1.17. The summed E-state index contributed by atoms with van der Waals surface area (Å²) in [6, 6.07) is 10.4. The Kier molecular flexibility index (Phi) is 3.17. The van der Waals surface area contributed by atoms with Crippen molar-refractivity contribution in [1.82, 2.24) is 10.4 Å². The van der Waals surface area contributed by atoms with Crippen LogP contribution in [0.4, 0.5) is 0 Å². The van der Waals surface area contributed by atoms with Gasteiger partial charge >= 0.3 is 0 Å². The molecule has 1 aromatic heterocycles. The lowest BCUT2D eigenvalue weighted by atomic mass is 9.93. The zero-order valence-corrected chi connectivity index (χ0v) is 9.64. The average Bonchev–Trinajstić information content (AvgIpc) is 2.30. The van der Waals surface area contributed by atoms with E-state index in [9.17, 15) is 0 Å². The molecule has 1 unspecified atom stereocenters. The van der Waals surface area contributed by atoms with Crippen LogP contribution >= 0.6 is 0 Å². The second kappa shape index (κ2) is 4.60. The standard InChI is InChI=1S/C13H17N3/c1-9(2)13(16-14)11-5-3-7-12-10(11)6-4-8-15-12/h3-9,13,16H,14H2,1-2H3. The fourth-order valence-electron chi connectivity index (χ4n) is 2.04. The molecule has 84 valence electrons. The van der Waals surface area contributed by atoms with Gasteiger partial charge in [-0.2, -0.15) is 0 Å². The minimum Gasteiger partial charge on any atom is -0.271 e. The third-order valence-electron chi connectivity index (χ3n) is 2.86. The van der Waals surface area contributed by atoms with Crippen molar-refractivity contribution in [2.45, 2.75) is 19.9 Å². The second-order valence-electron chi connectivity index (χ2n) is 4.31. The van der Waals surface area contributed by atoms with Crippen LogP contribution in [0.3, 0.4) is 0 Å². The molecule has 0 aliphatic rings. The van der Waals surface area contributed by atoms with Gasteiger partial charge in [-0.25, -0.2) is 0 Å². The first-order chi connectivity index (χ1) is 7.74. The summed E-state index contributed by atoms with van der Waals surface area (Å²) in [7, 11) is 0. The highest BCUT2D eigenvalue weighted by Crippen LogP contribution is 2.27. The van der Waals surface area contributed by atoms with Crippen LogP contribution in [0.15, 0.2) is 36.5 Å². The maximum atomic E-state index is 5.63. The number of rotatable bonds is 3. The predicted molar refractivity (Wildman–Crippen MR) is 66.6 cm³/mol. The Hall–Kier alpha value is -1.45. The fraction of sp³-hybridized carbons (Fsp3) is 0.308. The number of benzene rings is 1. The number of hydrogen-bond acceptors (Lipinski definition) is 3. The van der Waals surface area contributed by atoms with Gasteiger partial charge in [0.05, 0.1) is 5.52 Å². The van der Waals surface area contributed by atoms with Gasteiger partial charge in [0.25, 0.3) is 0 Å². The van der Waals surface area contributed by atoms with Gasteiger partial charge in [0, 0.05) is 17.6 Å². The third-order valence-corrected chi connectivity index (χ3v) is 2.86. The highest BCUT2D eigenvalue weighted by molar-refractivity contribution is 5.82. The summed E-state index contributed by atoms with van der Waals surface area (Å²) in [5.74, 6) is 6.07.